The van der Waals surface area contributed by atoms with Crippen molar-refractivity contribution in [2.75, 3.05) is 12.0 Å². The first-order chi connectivity index (χ1) is 8.63. The molecule has 19 heavy (non-hydrogen) atoms. The highest BCUT2D eigenvalue weighted by atomic mass is 32.2. The fourth-order valence-corrected chi connectivity index (χ4v) is 2.71. The molecule has 3 nitrogen and oxygen atoms in total. The summed E-state index contributed by atoms with van der Waals surface area (Å²) >= 11 is 0. The van der Waals surface area contributed by atoms with E-state index in [1.807, 2.05) is 13.8 Å². The van der Waals surface area contributed by atoms with Gasteiger partial charge in [-0.2, -0.15) is 0 Å². The van der Waals surface area contributed by atoms with Crippen molar-refractivity contribution in [3.05, 3.63) is 35.6 Å². The van der Waals surface area contributed by atoms with Crippen LogP contribution in [0.1, 0.15) is 32.3 Å². The molecule has 0 aromatic heterocycles. The van der Waals surface area contributed by atoms with Crippen LogP contribution in [-0.4, -0.2) is 26.5 Å². The maximum atomic E-state index is 12.9. The molecule has 1 rings (SSSR count). The summed E-state index contributed by atoms with van der Waals surface area (Å²) in [5.74, 6) is -0.120. The van der Waals surface area contributed by atoms with Crippen LogP contribution >= 0.6 is 0 Å². The topological polar surface area (TPSA) is 60.2 Å². The summed E-state index contributed by atoms with van der Waals surface area (Å²) in [5, 5.41) is 0. The third kappa shape index (κ3) is 4.91. The van der Waals surface area contributed by atoms with Crippen molar-refractivity contribution < 1.29 is 12.8 Å². The molecule has 5 heteroatoms. The summed E-state index contributed by atoms with van der Waals surface area (Å²) in [5.41, 5.74) is 6.81. The highest BCUT2D eigenvalue weighted by Crippen LogP contribution is 2.28. The van der Waals surface area contributed by atoms with E-state index >= 15 is 0 Å². The Morgan fingerprint density at radius 1 is 1.26 bits per heavy atom. The van der Waals surface area contributed by atoms with Gasteiger partial charge in [0.1, 0.15) is 15.7 Å². The van der Waals surface area contributed by atoms with E-state index in [1.165, 1.54) is 18.4 Å². The number of hydrogen-bond acceptors (Lipinski definition) is 3. The van der Waals surface area contributed by atoms with Gasteiger partial charge in [0.2, 0.25) is 0 Å². The van der Waals surface area contributed by atoms with Crippen LogP contribution in [-0.2, 0) is 15.3 Å². The van der Waals surface area contributed by atoms with Gasteiger partial charge in [-0.1, -0.05) is 26.0 Å². The Balaban J connectivity index is 2.68. The molecular formula is C14H22FNO2S. The third-order valence-electron chi connectivity index (χ3n) is 3.55. The zero-order chi connectivity index (χ0) is 14.7. The standard InChI is InChI=1S/C14H22FNO2S/c1-14(2,11-6-8-12(15)9-7-11)13(16)5-4-10-19(3,17)18/h6-9,13H,4-5,10,16H2,1-3H3. The molecule has 0 amide bonds. The molecule has 1 atom stereocenters. The van der Waals surface area contributed by atoms with Crippen LogP contribution in [0, 0.1) is 5.82 Å². The Kier molecular flexibility index (Phi) is 5.10. The van der Waals surface area contributed by atoms with Crippen molar-refractivity contribution in [1.82, 2.24) is 0 Å². The van der Waals surface area contributed by atoms with E-state index in [0.717, 1.165) is 5.56 Å². The Morgan fingerprint density at radius 2 is 1.79 bits per heavy atom. The molecule has 1 aromatic rings. The van der Waals surface area contributed by atoms with Gasteiger partial charge in [-0.05, 0) is 30.5 Å². The second-order valence-corrected chi connectivity index (χ2v) is 7.87. The summed E-state index contributed by atoms with van der Waals surface area (Å²) in [6.45, 7) is 3.98. The lowest BCUT2D eigenvalue weighted by molar-refractivity contribution is 0.385. The zero-order valence-electron chi connectivity index (χ0n) is 11.7. The molecule has 0 aliphatic carbocycles. The van der Waals surface area contributed by atoms with E-state index in [1.54, 1.807) is 12.1 Å². The molecular weight excluding hydrogens is 265 g/mol. The number of halogens is 1. The first-order valence-corrected chi connectivity index (χ1v) is 8.38. The quantitative estimate of drug-likeness (QED) is 0.873. The minimum Gasteiger partial charge on any atom is -0.327 e. The fraction of sp³-hybridized carbons (Fsp3) is 0.571. The minimum absolute atomic E-state index is 0.153. The fourth-order valence-electron chi connectivity index (χ4n) is 2.02. The molecule has 1 unspecified atom stereocenters. The number of hydrogen-bond donors (Lipinski definition) is 1. The molecule has 0 radical (unpaired) electrons. The smallest absolute Gasteiger partial charge is 0.147 e. The largest absolute Gasteiger partial charge is 0.327 e. The van der Waals surface area contributed by atoms with Gasteiger partial charge < -0.3 is 5.73 Å². The summed E-state index contributed by atoms with van der Waals surface area (Å²) < 4.78 is 35.1. The monoisotopic (exact) mass is 287 g/mol. The first-order valence-electron chi connectivity index (χ1n) is 6.32. The van der Waals surface area contributed by atoms with Crippen LogP contribution in [0.25, 0.3) is 0 Å². The Labute approximate surface area is 114 Å². The normalized spacial score (nSPS) is 14.4. The van der Waals surface area contributed by atoms with Gasteiger partial charge in [0, 0.05) is 23.5 Å². The molecule has 2 N–H and O–H groups in total. The lowest BCUT2D eigenvalue weighted by Crippen LogP contribution is -2.41. The number of nitrogens with two attached hydrogens (primary N) is 1. The van der Waals surface area contributed by atoms with Crippen LogP contribution in [0.2, 0.25) is 0 Å². The van der Waals surface area contributed by atoms with E-state index < -0.39 is 9.84 Å². The maximum Gasteiger partial charge on any atom is 0.147 e. The molecule has 0 bridgehead atoms. The van der Waals surface area contributed by atoms with E-state index in [9.17, 15) is 12.8 Å². The zero-order valence-corrected chi connectivity index (χ0v) is 12.5. The number of sulfone groups is 1. The van der Waals surface area contributed by atoms with Gasteiger partial charge in [-0.3, -0.25) is 0 Å². The van der Waals surface area contributed by atoms with Crippen LogP contribution in [0.5, 0.6) is 0 Å². The molecule has 0 spiro atoms. The summed E-state index contributed by atoms with van der Waals surface area (Å²) in [7, 11) is -2.94. The van der Waals surface area contributed by atoms with Gasteiger partial charge in [0.05, 0.1) is 0 Å². The second-order valence-electron chi connectivity index (χ2n) is 5.61. The summed E-state index contributed by atoms with van der Waals surface area (Å²) in [6, 6.07) is 6.12. The van der Waals surface area contributed by atoms with Crippen molar-refractivity contribution in [1.29, 1.82) is 0 Å². The average molecular weight is 287 g/mol. The number of benzene rings is 1. The Hall–Kier alpha value is -0.940. The lowest BCUT2D eigenvalue weighted by Gasteiger charge is -2.32. The highest BCUT2D eigenvalue weighted by Gasteiger charge is 2.28. The molecule has 0 aliphatic rings. The predicted molar refractivity (Wildman–Crippen MR) is 76.3 cm³/mol. The third-order valence-corrected chi connectivity index (χ3v) is 4.58. The van der Waals surface area contributed by atoms with Gasteiger partial charge in [0.25, 0.3) is 0 Å². The molecule has 0 heterocycles. The van der Waals surface area contributed by atoms with Gasteiger partial charge in [0.15, 0.2) is 0 Å². The molecule has 0 aliphatic heterocycles. The average Bonchev–Trinajstić information content (AvgIpc) is 2.27. The van der Waals surface area contributed by atoms with Crippen molar-refractivity contribution in [3.8, 4) is 0 Å². The van der Waals surface area contributed by atoms with E-state index in [-0.39, 0.29) is 23.0 Å². The van der Waals surface area contributed by atoms with Gasteiger partial charge in [-0.25, -0.2) is 12.8 Å². The van der Waals surface area contributed by atoms with Crippen LogP contribution in [0.15, 0.2) is 24.3 Å². The first kappa shape index (κ1) is 16.1. The molecule has 0 saturated heterocycles. The summed E-state index contributed by atoms with van der Waals surface area (Å²) in [4.78, 5) is 0. The minimum atomic E-state index is -2.94. The SMILES string of the molecule is CC(C)(c1ccc(F)cc1)C(N)CCCS(C)(=O)=O. The van der Waals surface area contributed by atoms with Gasteiger partial charge >= 0.3 is 0 Å². The van der Waals surface area contributed by atoms with Crippen LogP contribution in [0.3, 0.4) is 0 Å². The van der Waals surface area contributed by atoms with Crippen molar-refractivity contribution in [2.45, 2.75) is 38.1 Å². The van der Waals surface area contributed by atoms with Crippen molar-refractivity contribution in [2.24, 2.45) is 5.73 Å². The van der Waals surface area contributed by atoms with E-state index in [4.69, 9.17) is 5.73 Å². The van der Waals surface area contributed by atoms with E-state index in [0.29, 0.717) is 12.8 Å². The van der Waals surface area contributed by atoms with Crippen LogP contribution < -0.4 is 5.73 Å². The second kappa shape index (κ2) is 6.01. The van der Waals surface area contributed by atoms with Crippen molar-refractivity contribution in [3.63, 3.8) is 0 Å². The highest BCUT2D eigenvalue weighted by molar-refractivity contribution is 7.90. The van der Waals surface area contributed by atoms with Gasteiger partial charge in [-0.15, -0.1) is 0 Å². The Morgan fingerprint density at radius 3 is 2.26 bits per heavy atom. The Bertz CT molecular complexity index is 509. The predicted octanol–water partition coefficient (Wildman–Crippen LogP) is 2.26. The molecule has 1 aromatic carbocycles. The number of rotatable bonds is 6. The van der Waals surface area contributed by atoms with E-state index in [2.05, 4.69) is 0 Å². The lowest BCUT2D eigenvalue weighted by atomic mass is 9.76. The molecule has 0 fully saturated rings. The molecule has 0 saturated carbocycles. The summed E-state index contributed by atoms with van der Waals surface area (Å²) in [6.07, 6.45) is 2.39. The van der Waals surface area contributed by atoms with Crippen molar-refractivity contribution >= 4 is 9.84 Å². The van der Waals surface area contributed by atoms with Crippen LogP contribution in [0.4, 0.5) is 4.39 Å². The maximum absolute atomic E-state index is 12.9. The molecule has 108 valence electrons.